The first-order valence-electron chi connectivity index (χ1n) is 7.77. The molecule has 0 spiro atoms. The first-order valence-corrected chi connectivity index (χ1v) is 7.77. The van der Waals surface area contributed by atoms with Crippen molar-refractivity contribution in [3.8, 4) is 28.6 Å². The van der Waals surface area contributed by atoms with Gasteiger partial charge >= 0.3 is 5.97 Å². The molecule has 0 unspecified atom stereocenters. The van der Waals surface area contributed by atoms with Crippen LogP contribution in [0.1, 0.15) is 16.2 Å². The molecule has 2 aromatic carbocycles. The molecule has 0 atom stereocenters. The molecule has 0 saturated heterocycles. The third kappa shape index (κ3) is 3.16. The van der Waals surface area contributed by atoms with Crippen molar-refractivity contribution < 1.29 is 28.3 Å². The van der Waals surface area contributed by atoms with Crippen LogP contribution in [0.5, 0.6) is 17.2 Å². The van der Waals surface area contributed by atoms with Crippen LogP contribution in [0.15, 0.2) is 47.0 Å². The molecule has 0 radical (unpaired) electrons. The number of ether oxygens (including phenoxy) is 4. The summed E-state index contributed by atoms with van der Waals surface area (Å²) in [6.45, 7) is 0.0596. The lowest BCUT2D eigenvalue weighted by Gasteiger charge is -2.04. The van der Waals surface area contributed by atoms with Crippen LogP contribution in [-0.4, -0.2) is 30.0 Å². The van der Waals surface area contributed by atoms with Gasteiger partial charge in [0, 0.05) is 5.56 Å². The van der Waals surface area contributed by atoms with E-state index in [1.54, 1.807) is 42.5 Å². The van der Waals surface area contributed by atoms with Gasteiger partial charge in [0.2, 0.25) is 12.6 Å². The van der Waals surface area contributed by atoms with E-state index in [2.05, 4.69) is 10.1 Å². The zero-order chi connectivity index (χ0) is 17.9. The molecule has 2 heterocycles. The number of carbonyl (C=O) groups is 1. The van der Waals surface area contributed by atoms with Crippen LogP contribution in [-0.2, 0) is 11.3 Å². The average Bonchev–Trinajstić information content (AvgIpc) is 3.34. The quantitative estimate of drug-likeness (QED) is 0.646. The minimum Gasteiger partial charge on any atom is -0.497 e. The Balaban J connectivity index is 1.43. The summed E-state index contributed by atoms with van der Waals surface area (Å²) >= 11 is 0. The zero-order valence-electron chi connectivity index (χ0n) is 13.8. The highest BCUT2D eigenvalue weighted by atomic mass is 16.7. The highest BCUT2D eigenvalue weighted by Crippen LogP contribution is 2.35. The Kier molecular flexibility index (Phi) is 4.14. The van der Waals surface area contributed by atoms with Gasteiger partial charge in [0.05, 0.1) is 12.7 Å². The number of hydrogen-bond acceptors (Lipinski definition) is 8. The lowest BCUT2D eigenvalue weighted by molar-refractivity contribution is 0.0429. The van der Waals surface area contributed by atoms with Crippen LogP contribution in [0, 0.1) is 0 Å². The highest BCUT2D eigenvalue weighted by molar-refractivity contribution is 5.89. The maximum Gasteiger partial charge on any atom is 0.338 e. The fourth-order valence-corrected chi connectivity index (χ4v) is 2.43. The Labute approximate surface area is 148 Å². The lowest BCUT2D eigenvalue weighted by atomic mass is 10.2. The van der Waals surface area contributed by atoms with Gasteiger partial charge in [0.15, 0.2) is 18.1 Å². The highest BCUT2D eigenvalue weighted by Gasteiger charge is 2.17. The molecule has 1 aliphatic heterocycles. The van der Waals surface area contributed by atoms with Crippen LogP contribution in [0.4, 0.5) is 0 Å². The summed E-state index contributed by atoms with van der Waals surface area (Å²) in [6, 6.07) is 12.0. The van der Waals surface area contributed by atoms with Crippen molar-refractivity contribution in [2.45, 2.75) is 6.61 Å². The van der Waals surface area contributed by atoms with Gasteiger partial charge in [-0.05, 0) is 36.4 Å². The summed E-state index contributed by atoms with van der Waals surface area (Å²) in [5, 5.41) is 3.90. The Hall–Kier alpha value is -3.55. The minimum absolute atomic E-state index is 0.131. The number of nitrogens with zero attached hydrogens (tertiary/aromatic N) is 2. The molecule has 1 aliphatic rings. The maximum absolute atomic E-state index is 12.1. The van der Waals surface area contributed by atoms with Gasteiger partial charge in [-0.1, -0.05) is 11.2 Å². The molecule has 0 fully saturated rings. The van der Waals surface area contributed by atoms with Crippen molar-refractivity contribution in [2.24, 2.45) is 0 Å². The predicted molar refractivity (Wildman–Crippen MR) is 88.0 cm³/mol. The number of fused-ring (bicyclic) bond motifs is 1. The van der Waals surface area contributed by atoms with Gasteiger partial charge in [-0.15, -0.1) is 0 Å². The Morgan fingerprint density at radius 2 is 2.04 bits per heavy atom. The summed E-state index contributed by atoms with van der Waals surface area (Å²) in [6.07, 6.45) is 0. The molecule has 0 saturated carbocycles. The average molecular weight is 354 g/mol. The SMILES string of the molecule is COc1cccc(C(=O)OCc2nc(-c3ccc4c(c3)OCO4)no2)c1. The number of rotatable bonds is 5. The van der Waals surface area contributed by atoms with E-state index < -0.39 is 5.97 Å². The van der Waals surface area contributed by atoms with Crippen molar-refractivity contribution in [1.29, 1.82) is 0 Å². The molecule has 8 nitrogen and oxygen atoms in total. The lowest BCUT2D eigenvalue weighted by Crippen LogP contribution is -2.05. The van der Waals surface area contributed by atoms with Crippen LogP contribution < -0.4 is 14.2 Å². The van der Waals surface area contributed by atoms with E-state index >= 15 is 0 Å². The van der Waals surface area contributed by atoms with Crippen molar-refractivity contribution in [2.75, 3.05) is 13.9 Å². The van der Waals surface area contributed by atoms with Crippen molar-refractivity contribution in [1.82, 2.24) is 10.1 Å². The Morgan fingerprint density at radius 3 is 2.92 bits per heavy atom. The first-order chi connectivity index (χ1) is 12.7. The molecule has 26 heavy (non-hydrogen) atoms. The van der Waals surface area contributed by atoms with Crippen molar-refractivity contribution >= 4 is 5.97 Å². The fraction of sp³-hybridized carbons (Fsp3) is 0.167. The second kappa shape index (κ2) is 6.75. The van der Waals surface area contributed by atoms with E-state index in [4.69, 9.17) is 23.5 Å². The summed E-state index contributed by atoms with van der Waals surface area (Å²) in [5.74, 6) is 1.92. The molecule has 4 rings (SSSR count). The number of esters is 1. The second-order valence-electron chi connectivity index (χ2n) is 5.39. The number of aromatic nitrogens is 2. The van der Waals surface area contributed by atoms with Crippen molar-refractivity contribution in [3.63, 3.8) is 0 Å². The van der Waals surface area contributed by atoms with Crippen LogP contribution >= 0.6 is 0 Å². The molecule has 3 aromatic rings. The number of benzene rings is 2. The van der Waals surface area contributed by atoms with Crippen LogP contribution in [0.25, 0.3) is 11.4 Å². The second-order valence-corrected chi connectivity index (χ2v) is 5.39. The molecule has 0 amide bonds. The number of carbonyl (C=O) groups excluding carboxylic acids is 1. The largest absolute Gasteiger partial charge is 0.497 e. The normalized spacial score (nSPS) is 12.0. The Morgan fingerprint density at radius 1 is 1.15 bits per heavy atom. The van der Waals surface area contributed by atoms with E-state index in [-0.39, 0.29) is 19.3 Å². The maximum atomic E-state index is 12.1. The minimum atomic E-state index is -0.508. The summed E-state index contributed by atoms with van der Waals surface area (Å²) < 4.78 is 26.0. The standard InChI is InChI=1S/C18H14N2O6/c1-22-13-4-2-3-12(7-13)18(21)23-9-16-19-17(20-26-16)11-5-6-14-15(8-11)25-10-24-14/h2-8H,9-10H2,1H3. The van der Waals surface area contributed by atoms with E-state index in [9.17, 15) is 4.79 Å². The van der Waals surface area contributed by atoms with Crippen molar-refractivity contribution in [3.05, 3.63) is 53.9 Å². The van der Waals surface area contributed by atoms with Crippen LogP contribution in [0.2, 0.25) is 0 Å². The molecule has 0 bridgehead atoms. The van der Waals surface area contributed by atoms with E-state index in [1.807, 2.05) is 0 Å². The van der Waals surface area contributed by atoms with E-state index in [1.165, 1.54) is 7.11 Å². The predicted octanol–water partition coefficient (Wildman–Crippen LogP) is 2.83. The van der Waals surface area contributed by atoms with Gasteiger partial charge in [0.25, 0.3) is 5.89 Å². The zero-order valence-corrected chi connectivity index (χ0v) is 13.8. The van der Waals surface area contributed by atoms with Gasteiger partial charge in [0.1, 0.15) is 5.75 Å². The molecular formula is C18H14N2O6. The molecule has 8 heteroatoms. The third-order valence-corrected chi connectivity index (χ3v) is 3.73. The summed E-state index contributed by atoms with van der Waals surface area (Å²) in [7, 11) is 1.53. The smallest absolute Gasteiger partial charge is 0.338 e. The molecular weight excluding hydrogens is 340 g/mol. The molecule has 0 N–H and O–H groups in total. The van der Waals surface area contributed by atoms with Gasteiger partial charge in [-0.2, -0.15) is 4.98 Å². The topological polar surface area (TPSA) is 92.9 Å². The molecule has 132 valence electrons. The number of hydrogen-bond donors (Lipinski definition) is 0. The molecule has 1 aromatic heterocycles. The monoisotopic (exact) mass is 354 g/mol. The van der Waals surface area contributed by atoms with Gasteiger partial charge in [-0.25, -0.2) is 4.79 Å². The first kappa shape index (κ1) is 15.9. The third-order valence-electron chi connectivity index (χ3n) is 3.73. The summed E-state index contributed by atoms with van der Waals surface area (Å²) in [5.41, 5.74) is 1.09. The van der Waals surface area contributed by atoms with E-state index in [0.717, 1.165) is 0 Å². The van der Waals surface area contributed by atoms with Gasteiger partial charge in [-0.3, -0.25) is 0 Å². The fourth-order valence-electron chi connectivity index (χ4n) is 2.43. The van der Waals surface area contributed by atoms with Crippen LogP contribution in [0.3, 0.4) is 0 Å². The summed E-state index contributed by atoms with van der Waals surface area (Å²) in [4.78, 5) is 16.3. The molecule has 0 aliphatic carbocycles. The van der Waals surface area contributed by atoms with Gasteiger partial charge < -0.3 is 23.5 Å². The number of methoxy groups -OCH3 is 1. The van der Waals surface area contributed by atoms with E-state index in [0.29, 0.717) is 34.2 Å². The Bertz CT molecular complexity index is 952.